The van der Waals surface area contributed by atoms with E-state index in [0.29, 0.717) is 5.56 Å². The Balaban J connectivity index is 3.02. The van der Waals surface area contributed by atoms with Crippen LogP contribution in [0.4, 0.5) is 5.69 Å². The predicted molar refractivity (Wildman–Crippen MR) is 60.8 cm³/mol. The topological polar surface area (TPSA) is 96.0 Å². The summed E-state index contributed by atoms with van der Waals surface area (Å²) in [7, 11) is 1.42. The van der Waals surface area contributed by atoms with E-state index in [-0.39, 0.29) is 11.3 Å². The normalized spacial score (nSPS) is 10.5. The Morgan fingerprint density at radius 1 is 1.47 bits per heavy atom. The van der Waals surface area contributed by atoms with Crippen molar-refractivity contribution in [2.75, 3.05) is 7.05 Å². The summed E-state index contributed by atoms with van der Waals surface area (Å²) in [6.45, 7) is 0. The summed E-state index contributed by atoms with van der Waals surface area (Å²) in [6.07, 6.45) is 1.36. The molecule has 0 heterocycles. The zero-order valence-corrected chi connectivity index (χ0v) is 9.01. The summed E-state index contributed by atoms with van der Waals surface area (Å²) in [6, 6.07) is 7.32. The smallest absolute Gasteiger partial charge is 0.269 e. The first-order valence-corrected chi connectivity index (χ1v) is 4.67. The molecule has 0 atom stereocenters. The molecule has 0 radical (unpaired) electrons. The molecule has 0 aromatic heterocycles. The van der Waals surface area contributed by atoms with Crippen LogP contribution in [0.1, 0.15) is 5.56 Å². The first kappa shape index (κ1) is 12.4. The van der Waals surface area contributed by atoms with E-state index in [4.69, 9.17) is 5.26 Å². The molecule has 6 heteroatoms. The lowest BCUT2D eigenvalue weighted by molar-refractivity contribution is -0.384. The number of benzene rings is 1. The van der Waals surface area contributed by atoms with Crippen LogP contribution in [0.5, 0.6) is 0 Å². The number of nitrogens with one attached hydrogen (secondary N) is 1. The minimum Gasteiger partial charge on any atom is -0.354 e. The number of nitrogens with zero attached hydrogens (tertiary/aromatic N) is 2. The first-order chi connectivity index (χ1) is 8.08. The van der Waals surface area contributed by atoms with Crippen LogP contribution in [0.2, 0.25) is 0 Å². The van der Waals surface area contributed by atoms with E-state index < -0.39 is 10.8 Å². The van der Waals surface area contributed by atoms with Crippen LogP contribution in [0.3, 0.4) is 0 Å². The second-order valence-corrected chi connectivity index (χ2v) is 3.10. The Bertz CT molecular complexity index is 512. The first-order valence-electron chi connectivity index (χ1n) is 4.67. The van der Waals surface area contributed by atoms with Gasteiger partial charge in [-0.1, -0.05) is 0 Å². The van der Waals surface area contributed by atoms with Gasteiger partial charge in [-0.2, -0.15) is 5.26 Å². The van der Waals surface area contributed by atoms with Crippen molar-refractivity contribution in [1.29, 1.82) is 5.26 Å². The van der Waals surface area contributed by atoms with E-state index in [1.54, 1.807) is 6.07 Å². The molecule has 0 spiro atoms. The maximum Gasteiger partial charge on any atom is 0.269 e. The van der Waals surface area contributed by atoms with Crippen molar-refractivity contribution >= 4 is 17.7 Å². The van der Waals surface area contributed by atoms with Crippen LogP contribution in [0.15, 0.2) is 29.8 Å². The SMILES string of the molecule is CNC(=O)/C(C#N)=C/c1ccc([N+](=O)[O-])cc1. The lowest BCUT2D eigenvalue weighted by Crippen LogP contribution is -2.19. The van der Waals surface area contributed by atoms with Crippen LogP contribution in [-0.4, -0.2) is 17.9 Å². The van der Waals surface area contributed by atoms with Crippen molar-refractivity contribution in [3.8, 4) is 6.07 Å². The Hall–Kier alpha value is -2.68. The maximum atomic E-state index is 11.2. The summed E-state index contributed by atoms with van der Waals surface area (Å²) in [4.78, 5) is 21.1. The Kier molecular flexibility index (Phi) is 3.95. The van der Waals surface area contributed by atoms with Gasteiger partial charge in [0, 0.05) is 19.2 Å². The number of carbonyl (C=O) groups is 1. The lowest BCUT2D eigenvalue weighted by atomic mass is 10.1. The molecule has 0 aliphatic carbocycles. The Morgan fingerprint density at radius 3 is 2.47 bits per heavy atom. The van der Waals surface area contributed by atoms with Gasteiger partial charge in [-0.3, -0.25) is 14.9 Å². The standard InChI is InChI=1S/C11H9N3O3/c1-13-11(15)9(7-12)6-8-2-4-10(5-3-8)14(16)17/h2-6H,1H3,(H,13,15)/b9-6+. The molecular formula is C11H9N3O3. The monoisotopic (exact) mass is 231 g/mol. The van der Waals surface area contributed by atoms with Gasteiger partial charge in [0.05, 0.1) is 4.92 Å². The molecule has 17 heavy (non-hydrogen) atoms. The minimum absolute atomic E-state index is 0.0411. The number of nitro groups is 1. The lowest BCUT2D eigenvalue weighted by Gasteiger charge is -1.97. The van der Waals surface area contributed by atoms with Crippen molar-refractivity contribution in [2.45, 2.75) is 0 Å². The van der Waals surface area contributed by atoms with Crippen molar-refractivity contribution < 1.29 is 9.72 Å². The summed E-state index contributed by atoms with van der Waals surface area (Å²) in [5, 5.41) is 21.5. The fourth-order valence-electron chi connectivity index (χ4n) is 1.14. The van der Waals surface area contributed by atoms with Crippen molar-refractivity contribution in [3.63, 3.8) is 0 Å². The quantitative estimate of drug-likeness (QED) is 0.366. The van der Waals surface area contributed by atoms with Gasteiger partial charge in [-0.05, 0) is 23.8 Å². The van der Waals surface area contributed by atoms with Gasteiger partial charge < -0.3 is 5.32 Å². The number of hydrogen-bond acceptors (Lipinski definition) is 4. The number of non-ortho nitro benzene ring substituents is 1. The van der Waals surface area contributed by atoms with Gasteiger partial charge in [-0.15, -0.1) is 0 Å². The molecular weight excluding hydrogens is 222 g/mol. The number of likely N-dealkylation sites (N-methyl/N-ethyl adjacent to an activating group) is 1. The highest BCUT2D eigenvalue weighted by atomic mass is 16.6. The second-order valence-electron chi connectivity index (χ2n) is 3.10. The number of hydrogen-bond donors (Lipinski definition) is 1. The summed E-state index contributed by atoms with van der Waals surface area (Å²) in [5.41, 5.74) is 0.456. The number of amides is 1. The van der Waals surface area contributed by atoms with Gasteiger partial charge in [0.25, 0.3) is 11.6 Å². The highest BCUT2D eigenvalue weighted by Crippen LogP contribution is 2.14. The molecule has 0 bridgehead atoms. The molecule has 0 saturated carbocycles. The largest absolute Gasteiger partial charge is 0.354 e. The van der Waals surface area contributed by atoms with Crippen molar-refractivity contribution in [2.24, 2.45) is 0 Å². The van der Waals surface area contributed by atoms with Crippen LogP contribution in [-0.2, 0) is 4.79 Å². The van der Waals surface area contributed by atoms with E-state index in [0.717, 1.165) is 0 Å². The van der Waals surface area contributed by atoms with E-state index in [1.807, 2.05) is 0 Å². The van der Waals surface area contributed by atoms with Gasteiger partial charge >= 0.3 is 0 Å². The highest BCUT2D eigenvalue weighted by molar-refractivity contribution is 6.01. The third kappa shape index (κ3) is 3.14. The van der Waals surface area contributed by atoms with Gasteiger partial charge in [0.2, 0.25) is 0 Å². The predicted octanol–water partition coefficient (Wildman–Crippen LogP) is 1.25. The molecule has 1 amide bonds. The molecule has 1 rings (SSSR count). The molecule has 86 valence electrons. The third-order valence-electron chi connectivity index (χ3n) is 2.01. The Morgan fingerprint density at radius 2 is 2.06 bits per heavy atom. The third-order valence-corrected chi connectivity index (χ3v) is 2.01. The molecule has 0 unspecified atom stereocenters. The second kappa shape index (κ2) is 5.42. The Labute approximate surface area is 97.3 Å². The molecule has 6 nitrogen and oxygen atoms in total. The zero-order valence-electron chi connectivity index (χ0n) is 9.01. The van der Waals surface area contributed by atoms with Crippen LogP contribution in [0.25, 0.3) is 6.08 Å². The molecule has 1 aromatic rings. The van der Waals surface area contributed by atoms with E-state index in [1.165, 1.54) is 37.4 Å². The highest BCUT2D eigenvalue weighted by Gasteiger charge is 2.07. The zero-order chi connectivity index (χ0) is 12.8. The number of carbonyl (C=O) groups excluding carboxylic acids is 1. The summed E-state index contributed by atoms with van der Waals surface area (Å²) < 4.78 is 0. The molecule has 1 aromatic carbocycles. The van der Waals surface area contributed by atoms with Gasteiger partial charge in [0.15, 0.2) is 0 Å². The number of rotatable bonds is 3. The molecule has 0 aliphatic heterocycles. The molecule has 0 aliphatic rings. The number of nitriles is 1. The van der Waals surface area contributed by atoms with Gasteiger partial charge in [0.1, 0.15) is 11.6 Å². The molecule has 1 N–H and O–H groups in total. The van der Waals surface area contributed by atoms with E-state index in [9.17, 15) is 14.9 Å². The van der Waals surface area contributed by atoms with Gasteiger partial charge in [-0.25, -0.2) is 0 Å². The van der Waals surface area contributed by atoms with E-state index in [2.05, 4.69) is 5.32 Å². The van der Waals surface area contributed by atoms with Crippen molar-refractivity contribution in [1.82, 2.24) is 5.32 Å². The van der Waals surface area contributed by atoms with Crippen LogP contribution < -0.4 is 5.32 Å². The fraction of sp³-hybridized carbons (Fsp3) is 0.0909. The fourth-order valence-corrected chi connectivity index (χ4v) is 1.14. The summed E-state index contributed by atoms with van der Waals surface area (Å²) >= 11 is 0. The van der Waals surface area contributed by atoms with E-state index >= 15 is 0 Å². The van der Waals surface area contributed by atoms with Crippen LogP contribution in [0, 0.1) is 21.4 Å². The number of nitro benzene ring substituents is 1. The van der Waals surface area contributed by atoms with Crippen LogP contribution >= 0.6 is 0 Å². The molecule has 0 fully saturated rings. The molecule has 0 saturated heterocycles. The summed E-state index contributed by atoms with van der Waals surface area (Å²) in [5.74, 6) is -0.495. The maximum absolute atomic E-state index is 11.2. The minimum atomic E-state index is -0.516. The van der Waals surface area contributed by atoms with Crippen molar-refractivity contribution in [3.05, 3.63) is 45.5 Å². The average Bonchev–Trinajstić information content (AvgIpc) is 2.35. The average molecular weight is 231 g/mol.